The van der Waals surface area contributed by atoms with Crippen molar-refractivity contribution in [2.75, 3.05) is 24.6 Å². The largest absolute Gasteiger partial charge is 0.385 e. The number of nitrogens with one attached hydrogen (secondary N) is 1. The van der Waals surface area contributed by atoms with E-state index in [1.807, 2.05) is 4.90 Å². The molecule has 0 bridgehead atoms. The van der Waals surface area contributed by atoms with E-state index in [9.17, 15) is 0 Å². The standard InChI is InChI=1S/C10H12Cl2N4O/c11-6-3-7(12)10(15-4-6)16-1-2-17-8(5-16)9(13)14/h3-4,8H,1-2,5H2,(H3,13,14). The minimum atomic E-state index is -0.405. The van der Waals surface area contributed by atoms with Crippen molar-refractivity contribution in [2.24, 2.45) is 5.73 Å². The zero-order valence-corrected chi connectivity index (χ0v) is 10.5. The van der Waals surface area contributed by atoms with E-state index in [4.69, 9.17) is 39.1 Å². The van der Waals surface area contributed by atoms with Crippen LogP contribution in [0.4, 0.5) is 5.82 Å². The minimum absolute atomic E-state index is 0.0137. The number of pyridine rings is 1. The van der Waals surface area contributed by atoms with Crippen LogP contribution in [0.3, 0.4) is 0 Å². The van der Waals surface area contributed by atoms with Crippen molar-refractivity contribution in [3.8, 4) is 0 Å². The van der Waals surface area contributed by atoms with Gasteiger partial charge in [0.05, 0.1) is 23.2 Å². The van der Waals surface area contributed by atoms with E-state index >= 15 is 0 Å². The van der Waals surface area contributed by atoms with Crippen LogP contribution in [0.15, 0.2) is 12.3 Å². The Morgan fingerprint density at radius 3 is 3.00 bits per heavy atom. The molecule has 17 heavy (non-hydrogen) atoms. The summed E-state index contributed by atoms with van der Waals surface area (Å²) in [6.45, 7) is 1.63. The molecule has 1 fully saturated rings. The number of amidine groups is 1. The van der Waals surface area contributed by atoms with Crippen molar-refractivity contribution in [1.82, 2.24) is 4.98 Å². The molecule has 0 radical (unpaired) electrons. The fourth-order valence-electron chi connectivity index (χ4n) is 1.67. The van der Waals surface area contributed by atoms with Crippen LogP contribution in [0.5, 0.6) is 0 Å². The van der Waals surface area contributed by atoms with Crippen LogP contribution in [-0.4, -0.2) is 36.6 Å². The van der Waals surface area contributed by atoms with Crippen molar-refractivity contribution < 1.29 is 4.74 Å². The lowest BCUT2D eigenvalue weighted by atomic mass is 10.2. The third-order valence-corrected chi connectivity index (χ3v) is 2.99. The van der Waals surface area contributed by atoms with Crippen molar-refractivity contribution >= 4 is 34.9 Å². The van der Waals surface area contributed by atoms with Crippen LogP contribution < -0.4 is 10.6 Å². The van der Waals surface area contributed by atoms with Gasteiger partial charge in [0, 0.05) is 12.7 Å². The summed E-state index contributed by atoms with van der Waals surface area (Å²) in [5.41, 5.74) is 5.43. The number of morpholine rings is 1. The van der Waals surface area contributed by atoms with Crippen molar-refractivity contribution in [3.63, 3.8) is 0 Å². The van der Waals surface area contributed by atoms with Gasteiger partial charge in [0.2, 0.25) is 0 Å². The van der Waals surface area contributed by atoms with E-state index in [-0.39, 0.29) is 5.84 Å². The van der Waals surface area contributed by atoms with E-state index in [1.165, 1.54) is 0 Å². The monoisotopic (exact) mass is 274 g/mol. The van der Waals surface area contributed by atoms with Gasteiger partial charge in [-0.2, -0.15) is 0 Å². The molecule has 1 unspecified atom stereocenters. The van der Waals surface area contributed by atoms with E-state index < -0.39 is 6.10 Å². The van der Waals surface area contributed by atoms with Crippen molar-refractivity contribution in [3.05, 3.63) is 22.3 Å². The first-order chi connectivity index (χ1) is 8.08. The third kappa shape index (κ3) is 2.80. The first-order valence-corrected chi connectivity index (χ1v) is 5.85. The summed E-state index contributed by atoms with van der Waals surface area (Å²) in [5, 5.41) is 8.36. The Morgan fingerprint density at radius 1 is 1.59 bits per heavy atom. The predicted octanol–water partition coefficient (Wildman–Crippen LogP) is 1.53. The van der Waals surface area contributed by atoms with Gasteiger partial charge in [-0.3, -0.25) is 5.41 Å². The van der Waals surface area contributed by atoms with E-state index in [2.05, 4.69) is 4.98 Å². The molecule has 1 aliphatic heterocycles. The molecule has 0 saturated carbocycles. The second-order valence-corrected chi connectivity index (χ2v) is 4.56. The molecule has 1 aliphatic rings. The normalized spacial score (nSPS) is 20.4. The summed E-state index contributed by atoms with van der Waals surface area (Å²) >= 11 is 11.9. The number of rotatable bonds is 2. The summed E-state index contributed by atoms with van der Waals surface area (Å²) in [6, 6.07) is 1.64. The number of halogens is 2. The van der Waals surface area contributed by atoms with Gasteiger partial charge in [0.15, 0.2) is 0 Å². The summed E-state index contributed by atoms with van der Waals surface area (Å²) in [5.74, 6) is 0.658. The highest BCUT2D eigenvalue weighted by Crippen LogP contribution is 2.27. The van der Waals surface area contributed by atoms with E-state index in [0.29, 0.717) is 35.6 Å². The molecule has 0 aromatic carbocycles. The number of ether oxygens (including phenoxy) is 1. The maximum absolute atomic E-state index is 7.38. The molecule has 1 atom stereocenters. The van der Waals surface area contributed by atoms with Crippen LogP contribution in [0, 0.1) is 5.41 Å². The van der Waals surface area contributed by atoms with Gasteiger partial charge in [-0.15, -0.1) is 0 Å². The average Bonchev–Trinajstić information content (AvgIpc) is 2.29. The fourth-order valence-corrected chi connectivity index (χ4v) is 2.17. The van der Waals surface area contributed by atoms with Gasteiger partial charge in [0.25, 0.3) is 0 Å². The highest BCUT2D eigenvalue weighted by Gasteiger charge is 2.24. The topological polar surface area (TPSA) is 75.2 Å². The van der Waals surface area contributed by atoms with Crippen LogP contribution in [-0.2, 0) is 4.74 Å². The van der Waals surface area contributed by atoms with Crippen molar-refractivity contribution in [1.29, 1.82) is 5.41 Å². The minimum Gasteiger partial charge on any atom is -0.385 e. The van der Waals surface area contributed by atoms with E-state index in [0.717, 1.165) is 0 Å². The van der Waals surface area contributed by atoms with Gasteiger partial charge in [-0.1, -0.05) is 23.2 Å². The van der Waals surface area contributed by atoms with Gasteiger partial charge >= 0.3 is 0 Å². The molecule has 0 spiro atoms. The Bertz CT molecular complexity index is 440. The maximum Gasteiger partial charge on any atom is 0.147 e. The first-order valence-electron chi connectivity index (χ1n) is 5.09. The molecule has 92 valence electrons. The summed E-state index contributed by atoms with van der Waals surface area (Å²) < 4.78 is 5.37. The Hall–Kier alpha value is -1.04. The third-order valence-electron chi connectivity index (χ3n) is 2.50. The van der Waals surface area contributed by atoms with Gasteiger partial charge < -0.3 is 15.4 Å². The second kappa shape index (κ2) is 5.08. The lowest BCUT2D eigenvalue weighted by molar-refractivity contribution is 0.0823. The lowest BCUT2D eigenvalue weighted by Gasteiger charge is -2.33. The Morgan fingerprint density at radius 2 is 2.35 bits per heavy atom. The van der Waals surface area contributed by atoms with Crippen LogP contribution >= 0.6 is 23.2 Å². The smallest absolute Gasteiger partial charge is 0.147 e. The van der Waals surface area contributed by atoms with Crippen LogP contribution in [0.2, 0.25) is 10.0 Å². The van der Waals surface area contributed by atoms with Crippen molar-refractivity contribution in [2.45, 2.75) is 6.10 Å². The molecule has 1 saturated heterocycles. The number of aromatic nitrogens is 1. The highest BCUT2D eigenvalue weighted by atomic mass is 35.5. The number of nitrogens with zero attached hydrogens (tertiary/aromatic N) is 2. The Kier molecular flexibility index (Phi) is 3.71. The van der Waals surface area contributed by atoms with Crippen LogP contribution in [0.1, 0.15) is 0 Å². The quantitative estimate of drug-likeness (QED) is 0.634. The van der Waals surface area contributed by atoms with Gasteiger partial charge in [-0.25, -0.2) is 4.98 Å². The zero-order chi connectivity index (χ0) is 12.4. The number of nitrogens with two attached hydrogens (primary N) is 1. The molecule has 2 heterocycles. The maximum atomic E-state index is 7.38. The molecular weight excluding hydrogens is 263 g/mol. The Labute approximate surface area is 109 Å². The molecule has 1 aromatic heterocycles. The number of anilines is 1. The van der Waals surface area contributed by atoms with E-state index in [1.54, 1.807) is 12.3 Å². The fraction of sp³-hybridized carbons (Fsp3) is 0.400. The zero-order valence-electron chi connectivity index (χ0n) is 8.99. The number of hydrogen-bond acceptors (Lipinski definition) is 4. The summed E-state index contributed by atoms with van der Waals surface area (Å²) in [7, 11) is 0. The summed E-state index contributed by atoms with van der Waals surface area (Å²) in [4.78, 5) is 6.13. The molecule has 3 N–H and O–H groups in total. The molecule has 5 nitrogen and oxygen atoms in total. The van der Waals surface area contributed by atoms with Gasteiger partial charge in [-0.05, 0) is 6.07 Å². The molecule has 7 heteroatoms. The molecule has 0 aliphatic carbocycles. The average molecular weight is 275 g/mol. The molecular formula is C10H12Cl2N4O. The van der Waals surface area contributed by atoms with Gasteiger partial charge in [0.1, 0.15) is 17.8 Å². The molecule has 1 aromatic rings. The Balaban J connectivity index is 2.19. The SMILES string of the molecule is N=C(N)C1CN(c2ncc(Cl)cc2Cl)CCO1. The molecule has 0 amide bonds. The predicted molar refractivity (Wildman–Crippen MR) is 68.1 cm³/mol. The molecule has 2 rings (SSSR count). The lowest BCUT2D eigenvalue weighted by Crippen LogP contribution is -2.48. The summed E-state index contributed by atoms with van der Waals surface area (Å²) in [6.07, 6.45) is 1.14. The highest BCUT2D eigenvalue weighted by molar-refractivity contribution is 6.36. The second-order valence-electron chi connectivity index (χ2n) is 3.72. The first kappa shape index (κ1) is 12.4. The number of hydrogen-bond donors (Lipinski definition) is 2. The van der Waals surface area contributed by atoms with Crippen LogP contribution in [0.25, 0.3) is 0 Å².